The standard InChI is InChI=1S/C25H44O2/c1-5-9-11-12-13-17-21-24(20-10-6-2)25(26-7-3,27-8-4)22-23-18-15-14-16-19-23/h14-16,18-19,24H,5-13,17,20-22H2,1-4H3. The van der Waals surface area contributed by atoms with Gasteiger partial charge in [0.1, 0.15) is 0 Å². The topological polar surface area (TPSA) is 18.5 Å². The second kappa shape index (κ2) is 15.1. The summed E-state index contributed by atoms with van der Waals surface area (Å²) in [6, 6.07) is 10.7. The van der Waals surface area contributed by atoms with Crippen molar-refractivity contribution in [3.05, 3.63) is 35.9 Å². The maximum absolute atomic E-state index is 6.41. The molecule has 1 aromatic carbocycles. The summed E-state index contributed by atoms with van der Waals surface area (Å²) < 4.78 is 12.8. The van der Waals surface area contributed by atoms with Gasteiger partial charge in [0, 0.05) is 25.6 Å². The number of ether oxygens (including phenoxy) is 2. The molecule has 0 amide bonds. The van der Waals surface area contributed by atoms with Gasteiger partial charge in [0.15, 0.2) is 5.79 Å². The zero-order chi connectivity index (χ0) is 19.8. The lowest BCUT2D eigenvalue weighted by Gasteiger charge is -2.41. The zero-order valence-corrected chi connectivity index (χ0v) is 18.5. The summed E-state index contributed by atoms with van der Waals surface area (Å²) in [6.45, 7) is 10.2. The molecular formula is C25H44O2. The molecule has 0 fully saturated rings. The van der Waals surface area contributed by atoms with E-state index in [4.69, 9.17) is 9.47 Å². The first kappa shape index (κ1) is 24.2. The molecule has 0 aliphatic rings. The highest BCUT2D eigenvalue weighted by atomic mass is 16.7. The van der Waals surface area contributed by atoms with E-state index < -0.39 is 5.79 Å². The van der Waals surface area contributed by atoms with E-state index in [9.17, 15) is 0 Å². The summed E-state index contributed by atoms with van der Waals surface area (Å²) in [5.74, 6) is -0.0209. The predicted molar refractivity (Wildman–Crippen MR) is 117 cm³/mol. The van der Waals surface area contributed by atoms with Gasteiger partial charge in [-0.05, 0) is 32.3 Å². The Balaban J connectivity index is 2.86. The molecule has 1 unspecified atom stereocenters. The Bertz CT molecular complexity index is 437. The van der Waals surface area contributed by atoms with Crippen molar-refractivity contribution in [1.29, 1.82) is 0 Å². The van der Waals surface area contributed by atoms with Crippen LogP contribution in [-0.2, 0) is 15.9 Å². The lowest BCUT2D eigenvalue weighted by atomic mass is 9.83. The van der Waals surface area contributed by atoms with E-state index in [0.29, 0.717) is 19.1 Å². The zero-order valence-electron chi connectivity index (χ0n) is 18.5. The van der Waals surface area contributed by atoms with Gasteiger partial charge in [-0.3, -0.25) is 0 Å². The van der Waals surface area contributed by atoms with Gasteiger partial charge in [0.25, 0.3) is 0 Å². The van der Waals surface area contributed by atoms with Crippen molar-refractivity contribution >= 4 is 0 Å². The van der Waals surface area contributed by atoms with Crippen LogP contribution in [0.3, 0.4) is 0 Å². The van der Waals surface area contributed by atoms with Crippen molar-refractivity contribution < 1.29 is 9.47 Å². The van der Waals surface area contributed by atoms with E-state index in [1.807, 2.05) is 0 Å². The molecule has 156 valence electrons. The summed E-state index contributed by atoms with van der Waals surface area (Å²) in [4.78, 5) is 0. The predicted octanol–water partition coefficient (Wildman–Crippen LogP) is 7.56. The van der Waals surface area contributed by atoms with Crippen LogP contribution >= 0.6 is 0 Å². The summed E-state index contributed by atoms with van der Waals surface area (Å²) >= 11 is 0. The summed E-state index contributed by atoms with van der Waals surface area (Å²) in [5.41, 5.74) is 1.31. The Morgan fingerprint density at radius 3 is 1.85 bits per heavy atom. The van der Waals surface area contributed by atoms with Gasteiger partial charge in [-0.1, -0.05) is 95.5 Å². The lowest BCUT2D eigenvalue weighted by Crippen LogP contribution is -2.46. The molecular weight excluding hydrogens is 332 g/mol. The van der Waals surface area contributed by atoms with Crippen LogP contribution in [0.25, 0.3) is 0 Å². The summed E-state index contributed by atoms with van der Waals surface area (Å²) in [7, 11) is 0. The second-order valence-corrected chi connectivity index (χ2v) is 7.74. The average molecular weight is 377 g/mol. The fourth-order valence-corrected chi connectivity index (χ4v) is 4.10. The van der Waals surface area contributed by atoms with Crippen molar-refractivity contribution in [3.8, 4) is 0 Å². The summed E-state index contributed by atoms with van der Waals surface area (Å²) in [6.07, 6.45) is 13.8. The maximum Gasteiger partial charge on any atom is 0.174 e. The second-order valence-electron chi connectivity index (χ2n) is 7.74. The number of hydrogen-bond donors (Lipinski definition) is 0. The quantitative estimate of drug-likeness (QED) is 0.206. The number of unbranched alkanes of at least 4 members (excludes halogenated alkanes) is 6. The van der Waals surface area contributed by atoms with E-state index >= 15 is 0 Å². The third-order valence-electron chi connectivity index (χ3n) is 5.50. The molecule has 1 rings (SSSR count). The molecule has 0 saturated heterocycles. The van der Waals surface area contributed by atoms with Crippen LogP contribution in [0.2, 0.25) is 0 Å². The molecule has 0 aliphatic heterocycles. The Labute approximate surface area is 169 Å². The Morgan fingerprint density at radius 2 is 1.26 bits per heavy atom. The van der Waals surface area contributed by atoms with Crippen LogP contribution in [0.4, 0.5) is 0 Å². The normalized spacial score (nSPS) is 13.0. The van der Waals surface area contributed by atoms with Crippen LogP contribution in [-0.4, -0.2) is 19.0 Å². The van der Waals surface area contributed by atoms with Crippen molar-refractivity contribution in [1.82, 2.24) is 0 Å². The van der Waals surface area contributed by atoms with Crippen LogP contribution in [0.15, 0.2) is 30.3 Å². The molecule has 0 aliphatic carbocycles. The van der Waals surface area contributed by atoms with Crippen molar-refractivity contribution in [2.75, 3.05) is 13.2 Å². The molecule has 2 heteroatoms. The molecule has 2 nitrogen and oxygen atoms in total. The van der Waals surface area contributed by atoms with Gasteiger partial charge in [0.2, 0.25) is 0 Å². The van der Waals surface area contributed by atoms with Crippen LogP contribution in [0, 0.1) is 5.92 Å². The van der Waals surface area contributed by atoms with Gasteiger partial charge in [0.05, 0.1) is 0 Å². The minimum absolute atomic E-state index is 0.462. The van der Waals surface area contributed by atoms with Gasteiger partial charge in [-0.15, -0.1) is 0 Å². The molecule has 1 aromatic rings. The summed E-state index contributed by atoms with van der Waals surface area (Å²) in [5, 5.41) is 0. The first-order valence-electron chi connectivity index (χ1n) is 11.5. The van der Waals surface area contributed by atoms with Gasteiger partial charge >= 0.3 is 0 Å². The minimum Gasteiger partial charge on any atom is -0.350 e. The van der Waals surface area contributed by atoms with Crippen LogP contribution in [0.1, 0.15) is 97.5 Å². The minimum atomic E-state index is -0.483. The highest BCUT2D eigenvalue weighted by Crippen LogP contribution is 2.36. The highest BCUT2D eigenvalue weighted by molar-refractivity contribution is 5.16. The largest absolute Gasteiger partial charge is 0.350 e. The van der Waals surface area contributed by atoms with Crippen LogP contribution < -0.4 is 0 Å². The molecule has 27 heavy (non-hydrogen) atoms. The fraction of sp³-hybridized carbons (Fsp3) is 0.760. The van der Waals surface area contributed by atoms with E-state index in [0.717, 1.165) is 6.42 Å². The van der Waals surface area contributed by atoms with Gasteiger partial charge in [-0.2, -0.15) is 0 Å². The monoisotopic (exact) mass is 376 g/mol. The van der Waals surface area contributed by atoms with Crippen molar-refractivity contribution in [2.24, 2.45) is 5.92 Å². The van der Waals surface area contributed by atoms with Crippen LogP contribution in [0.5, 0.6) is 0 Å². The van der Waals surface area contributed by atoms with Gasteiger partial charge < -0.3 is 9.47 Å². The van der Waals surface area contributed by atoms with Crippen molar-refractivity contribution in [2.45, 2.75) is 104 Å². The number of benzene rings is 1. The molecule has 1 atom stereocenters. The molecule has 0 spiro atoms. The van der Waals surface area contributed by atoms with Gasteiger partial charge in [-0.25, -0.2) is 0 Å². The molecule has 0 N–H and O–H groups in total. The Kier molecular flexibility index (Phi) is 13.5. The Hall–Kier alpha value is -0.860. The van der Waals surface area contributed by atoms with E-state index in [1.165, 1.54) is 69.8 Å². The molecule has 0 heterocycles. The number of rotatable bonds is 17. The third kappa shape index (κ3) is 9.25. The number of hydrogen-bond acceptors (Lipinski definition) is 2. The fourth-order valence-electron chi connectivity index (χ4n) is 4.10. The molecule has 0 radical (unpaired) electrons. The third-order valence-corrected chi connectivity index (χ3v) is 5.50. The first-order chi connectivity index (χ1) is 13.2. The maximum atomic E-state index is 6.41. The van der Waals surface area contributed by atoms with Crippen molar-refractivity contribution in [3.63, 3.8) is 0 Å². The smallest absolute Gasteiger partial charge is 0.174 e. The Morgan fingerprint density at radius 1 is 0.704 bits per heavy atom. The van der Waals surface area contributed by atoms with E-state index in [1.54, 1.807) is 0 Å². The average Bonchev–Trinajstić information content (AvgIpc) is 2.68. The highest BCUT2D eigenvalue weighted by Gasteiger charge is 2.40. The lowest BCUT2D eigenvalue weighted by molar-refractivity contribution is -0.265. The molecule has 0 bridgehead atoms. The first-order valence-corrected chi connectivity index (χ1v) is 11.5. The van der Waals surface area contributed by atoms with E-state index in [2.05, 4.69) is 58.0 Å². The molecule has 0 aromatic heterocycles. The SMILES string of the molecule is CCCCCCCCC(CCCC)C(Cc1ccccc1)(OCC)OCC. The molecule has 0 saturated carbocycles. The van der Waals surface area contributed by atoms with E-state index in [-0.39, 0.29) is 0 Å².